The van der Waals surface area contributed by atoms with Crippen molar-refractivity contribution in [3.8, 4) is 11.3 Å². The Morgan fingerprint density at radius 3 is 2.47 bits per heavy atom. The number of fused-ring (bicyclic) bond motifs is 1. The van der Waals surface area contributed by atoms with E-state index in [1.165, 1.54) is 5.56 Å². The molecule has 30 heavy (non-hydrogen) atoms. The molecule has 0 saturated carbocycles. The molecule has 1 aromatic heterocycles. The summed E-state index contributed by atoms with van der Waals surface area (Å²) in [6, 6.07) is 22.1. The van der Waals surface area contributed by atoms with Crippen molar-refractivity contribution in [2.45, 2.75) is 13.8 Å². The van der Waals surface area contributed by atoms with Gasteiger partial charge in [-0.05, 0) is 49.7 Å². The van der Waals surface area contributed by atoms with Gasteiger partial charge in [-0.2, -0.15) is 0 Å². The number of hydrogen-bond acceptors (Lipinski definition) is 3. The third-order valence-electron chi connectivity index (χ3n) is 5.02. The number of aromatic nitrogens is 1. The molecule has 0 spiro atoms. The van der Waals surface area contributed by atoms with E-state index in [0.29, 0.717) is 16.8 Å². The van der Waals surface area contributed by atoms with Gasteiger partial charge in [-0.15, -0.1) is 0 Å². The minimum atomic E-state index is -0.544. The summed E-state index contributed by atoms with van der Waals surface area (Å²) < 4.78 is 0. The Morgan fingerprint density at radius 2 is 1.70 bits per heavy atom. The molecule has 0 unspecified atom stereocenters. The second-order valence-corrected chi connectivity index (χ2v) is 7.29. The predicted molar refractivity (Wildman–Crippen MR) is 120 cm³/mol. The number of carbonyl (C=O) groups is 2. The van der Waals surface area contributed by atoms with Crippen LogP contribution < -0.4 is 11.1 Å². The van der Waals surface area contributed by atoms with E-state index in [4.69, 9.17) is 10.7 Å². The molecular weight excluding hydrogens is 374 g/mol. The minimum absolute atomic E-state index is 0.277. The van der Waals surface area contributed by atoms with Crippen LogP contribution in [0.2, 0.25) is 0 Å². The fraction of sp³-hybridized carbons (Fsp3) is 0.0800. The van der Waals surface area contributed by atoms with Crippen molar-refractivity contribution in [2.24, 2.45) is 5.73 Å². The minimum Gasteiger partial charge on any atom is -0.366 e. The van der Waals surface area contributed by atoms with E-state index < -0.39 is 5.91 Å². The summed E-state index contributed by atoms with van der Waals surface area (Å²) in [6.07, 6.45) is 0. The number of amides is 2. The highest BCUT2D eigenvalue weighted by atomic mass is 16.2. The number of primary amides is 1. The number of para-hydroxylation sites is 1. The second kappa shape index (κ2) is 7.79. The number of benzene rings is 3. The standard InChI is InChI=1S/C25H21N3O2/c1-15-10-11-19(16(2)12-15)23-14-21(20-8-3-4-9-22(20)28-23)25(30)27-18-7-5-6-17(13-18)24(26)29/h3-14H,1-2H3,(H2,26,29)(H,27,30). The van der Waals surface area contributed by atoms with Crippen LogP contribution in [0.1, 0.15) is 31.8 Å². The molecule has 0 fully saturated rings. The molecule has 0 aliphatic rings. The van der Waals surface area contributed by atoms with Crippen LogP contribution in [0.3, 0.4) is 0 Å². The quantitative estimate of drug-likeness (QED) is 0.517. The van der Waals surface area contributed by atoms with E-state index >= 15 is 0 Å². The molecule has 0 aliphatic carbocycles. The third kappa shape index (κ3) is 3.78. The largest absolute Gasteiger partial charge is 0.366 e. The Balaban J connectivity index is 1.80. The van der Waals surface area contributed by atoms with Crippen molar-refractivity contribution in [2.75, 3.05) is 5.32 Å². The smallest absolute Gasteiger partial charge is 0.256 e. The number of nitrogens with one attached hydrogen (secondary N) is 1. The summed E-state index contributed by atoms with van der Waals surface area (Å²) >= 11 is 0. The normalized spacial score (nSPS) is 10.7. The van der Waals surface area contributed by atoms with E-state index in [1.807, 2.05) is 56.3 Å². The summed E-state index contributed by atoms with van der Waals surface area (Å²) in [5.74, 6) is -0.821. The number of nitrogens with zero attached hydrogens (tertiary/aromatic N) is 1. The molecule has 3 N–H and O–H groups in total. The van der Waals surface area contributed by atoms with E-state index in [0.717, 1.165) is 27.7 Å². The first-order chi connectivity index (χ1) is 14.4. The maximum Gasteiger partial charge on any atom is 0.256 e. The SMILES string of the molecule is Cc1ccc(-c2cc(C(=O)Nc3cccc(C(N)=O)c3)c3ccccc3n2)c(C)c1. The molecule has 5 heteroatoms. The highest BCUT2D eigenvalue weighted by Gasteiger charge is 2.15. The van der Waals surface area contributed by atoms with E-state index in [1.54, 1.807) is 24.3 Å². The van der Waals surface area contributed by atoms with Crippen molar-refractivity contribution in [3.05, 3.63) is 95.1 Å². The lowest BCUT2D eigenvalue weighted by molar-refractivity contribution is 0.0996. The molecule has 3 aromatic carbocycles. The van der Waals surface area contributed by atoms with Crippen molar-refractivity contribution >= 4 is 28.4 Å². The van der Waals surface area contributed by atoms with Gasteiger partial charge in [0.05, 0.1) is 16.8 Å². The van der Waals surface area contributed by atoms with E-state index in [-0.39, 0.29) is 5.91 Å². The third-order valence-corrected chi connectivity index (χ3v) is 5.02. The lowest BCUT2D eigenvalue weighted by atomic mass is 9.99. The Kier molecular flexibility index (Phi) is 5.02. The molecule has 2 amide bonds. The zero-order chi connectivity index (χ0) is 21.3. The van der Waals surface area contributed by atoms with Gasteiger partial charge in [0.2, 0.25) is 5.91 Å². The summed E-state index contributed by atoms with van der Waals surface area (Å²) in [6.45, 7) is 4.08. The molecule has 0 bridgehead atoms. The van der Waals surface area contributed by atoms with Gasteiger partial charge in [0, 0.05) is 22.2 Å². The second-order valence-electron chi connectivity index (χ2n) is 7.29. The van der Waals surface area contributed by atoms with Crippen LogP contribution in [0.4, 0.5) is 5.69 Å². The number of pyridine rings is 1. The first-order valence-electron chi connectivity index (χ1n) is 9.61. The fourth-order valence-electron chi connectivity index (χ4n) is 3.55. The fourth-order valence-corrected chi connectivity index (χ4v) is 3.55. The van der Waals surface area contributed by atoms with Gasteiger partial charge in [-0.25, -0.2) is 4.98 Å². The summed E-state index contributed by atoms with van der Waals surface area (Å²) in [5.41, 5.74) is 11.4. The van der Waals surface area contributed by atoms with Gasteiger partial charge in [-0.1, -0.05) is 48.0 Å². The average Bonchev–Trinajstić information content (AvgIpc) is 2.73. The van der Waals surface area contributed by atoms with Gasteiger partial charge in [-0.3, -0.25) is 9.59 Å². The molecule has 0 saturated heterocycles. The molecule has 0 radical (unpaired) electrons. The highest BCUT2D eigenvalue weighted by Crippen LogP contribution is 2.28. The van der Waals surface area contributed by atoms with Crippen molar-refractivity contribution in [1.82, 2.24) is 4.98 Å². The van der Waals surface area contributed by atoms with Gasteiger partial charge in [0.25, 0.3) is 5.91 Å². The van der Waals surface area contributed by atoms with Crippen molar-refractivity contribution < 1.29 is 9.59 Å². The Morgan fingerprint density at radius 1 is 0.900 bits per heavy atom. The number of nitrogens with two attached hydrogens (primary N) is 1. The number of rotatable bonds is 4. The Hall–Kier alpha value is -3.99. The molecule has 1 heterocycles. The van der Waals surface area contributed by atoms with Gasteiger partial charge >= 0.3 is 0 Å². The average molecular weight is 395 g/mol. The summed E-state index contributed by atoms with van der Waals surface area (Å²) in [7, 11) is 0. The van der Waals surface area contributed by atoms with Crippen LogP contribution in [-0.4, -0.2) is 16.8 Å². The number of hydrogen-bond donors (Lipinski definition) is 2. The van der Waals surface area contributed by atoms with Crippen LogP contribution in [-0.2, 0) is 0 Å². The number of anilines is 1. The maximum absolute atomic E-state index is 13.2. The van der Waals surface area contributed by atoms with Crippen molar-refractivity contribution in [1.29, 1.82) is 0 Å². The topological polar surface area (TPSA) is 85.1 Å². The lowest BCUT2D eigenvalue weighted by Gasteiger charge is -2.12. The number of aryl methyl sites for hydroxylation is 2. The first-order valence-corrected chi connectivity index (χ1v) is 9.61. The maximum atomic E-state index is 13.2. The summed E-state index contributed by atoms with van der Waals surface area (Å²) in [5, 5.41) is 3.63. The van der Waals surface area contributed by atoms with E-state index in [9.17, 15) is 9.59 Å². The number of carbonyl (C=O) groups excluding carboxylic acids is 2. The zero-order valence-electron chi connectivity index (χ0n) is 16.8. The van der Waals surface area contributed by atoms with Crippen LogP contribution >= 0.6 is 0 Å². The van der Waals surface area contributed by atoms with Gasteiger partial charge < -0.3 is 11.1 Å². The summed E-state index contributed by atoms with van der Waals surface area (Å²) in [4.78, 5) is 29.4. The van der Waals surface area contributed by atoms with Crippen LogP contribution in [0.15, 0.2) is 72.8 Å². The van der Waals surface area contributed by atoms with Crippen LogP contribution in [0.25, 0.3) is 22.2 Å². The first kappa shape index (κ1) is 19.3. The zero-order valence-corrected chi connectivity index (χ0v) is 16.8. The lowest BCUT2D eigenvalue weighted by Crippen LogP contribution is -2.15. The van der Waals surface area contributed by atoms with E-state index in [2.05, 4.69) is 11.4 Å². The predicted octanol–water partition coefficient (Wildman–Crippen LogP) is 4.87. The van der Waals surface area contributed by atoms with Crippen LogP contribution in [0.5, 0.6) is 0 Å². The molecule has 5 nitrogen and oxygen atoms in total. The molecule has 0 aliphatic heterocycles. The Labute approximate surface area is 174 Å². The molecule has 0 atom stereocenters. The van der Waals surface area contributed by atoms with Gasteiger partial charge in [0.15, 0.2) is 0 Å². The molecular formula is C25H21N3O2. The highest BCUT2D eigenvalue weighted by molar-refractivity contribution is 6.13. The van der Waals surface area contributed by atoms with Gasteiger partial charge in [0.1, 0.15) is 0 Å². The Bertz CT molecular complexity index is 1290. The molecule has 4 aromatic rings. The molecule has 148 valence electrons. The monoisotopic (exact) mass is 395 g/mol. The van der Waals surface area contributed by atoms with Crippen LogP contribution in [0, 0.1) is 13.8 Å². The molecule has 4 rings (SSSR count). The van der Waals surface area contributed by atoms with Crippen molar-refractivity contribution in [3.63, 3.8) is 0 Å².